The van der Waals surface area contributed by atoms with Gasteiger partial charge in [0.1, 0.15) is 0 Å². The molecule has 0 aromatic heterocycles. The summed E-state index contributed by atoms with van der Waals surface area (Å²) in [6.45, 7) is 3.64. The number of aryl methyl sites for hydroxylation is 1. The van der Waals surface area contributed by atoms with Gasteiger partial charge in [-0.15, -0.1) is 0 Å². The summed E-state index contributed by atoms with van der Waals surface area (Å²) in [4.78, 5) is 12.0. The van der Waals surface area contributed by atoms with E-state index in [9.17, 15) is 13.2 Å². The van der Waals surface area contributed by atoms with Crippen molar-refractivity contribution in [2.45, 2.75) is 18.2 Å². The Morgan fingerprint density at radius 3 is 2.85 bits per heavy atom. The van der Waals surface area contributed by atoms with Crippen LogP contribution in [0, 0.1) is 12.8 Å². The van der Waals surface area contributed by atoms with E-state index in [2.05, 4.69) is 5.32 Å². The van der Waals surface area contributed by atoms with Crippen LogP contribution in [0.1, 0.15) is 22.3 Å². The Hall–Kier alpha value is -1.11. The summed E-state index contributed by atoms with van der Waals surface area (Å²) in [5.41, 5.74) is 1.03. The van der Waals surface area contributed by atoms with Gasteiger partial charge >= 0.3 is 0 Å². The maximum atomic E-state index is 12.1. The first-order valence-corrected chi connectivity index (χ1v) is 8.60. The van der Waals surface area contributed by atoms with E-state index < -0.39 is 9.05 Å². The second-order valence-corrected chi connectivity index (χ2v) is 7.42. The van der Waals surface area contributed by atoms with Crippen LogP contribution in [0.15, 0.2) is 23.1 Å². The van der Waals surface area contributed by atoms with Crippen molar-refractivity contribution in [1.82, 2.24) is 5.32 Å². The van der Waals surface area contributed by atoms with Gasteiger partial charge in [-0.3, -0.25) is 4.79 Å². The average molecular weight is 318 g/mol. The van der Waals surface area contributed by atoms with E-state index in [0.717, 1.165) is 13.0 Å². The quantitative estimate of drug-likeness (QED) is 0.858. The van der Waals surface area contributed by atoms with Gasteiger partial charge in [0.15, 0.2) is 0 Å². The molecular formula is C13H16ClNO4S. The number of hydrogen-bond donors (Lipinski definition) is 1. The summed E-state index contributed by atoms with van der Waals surface area (Å²) in [6, 6.07) is 4.26. The van der Waals surface area contributed by atoms with Crippen LogP contribution in [0.25, 0.3) is 0 Å². The monoisotopic (exact) mass is 317 g/mol. The number of carbonyl (C=O) groups is 1. The van der Waals surface area contributed by atoms with Gasteiger partial charge in [0, 0.05) is 35.3 Å². The minimum Gasteiger partial charge on any atom is -0.381 e. The molecule has 0 saturated carbocycles. The van der Waals surface area contributed by atoms with Crippen LogP contribution in [0.5, 0.6) is 0 Å². The molecule has 0 spiro atoms. The number of rotatable bonds is 4. The maximum absolute atomic E-state index is 12.1. The minimum absolute atomic E-state index is 0.0703. The van der Waals surface area contributed by atoms with Gasteiger partial charge in [0.25, 0.3) is 15.0 Å². The van der Waals surface area contributed by atoms with Crippen molar-refractivity contribution in [1.29, 1.82) is 0 Å². The van der Waals surface area contributed by atoms with Crippen LogP contribution in [0.3, 0.4) is 0 Å². The molecule has 20 heavy (non-hydrogen) atoms. The molecule has 110 valence electrons. The smallest absolute Gasteiger partial charge is 0.261 e. The topological polar surface area (TPSA) is 72.5 Å². The first kappa shape index (κ1) is 15.3. The van der Waals surface area contributed by atoms with E-state index in [-0.39, 0.29) is 10.8 Å². The first-order valence-electron chi connectivity index (χ1n) is 6.29. The molecule has 2 rings (SSSR count). The zero-order valence-corrected chi connectivity index (χ0v) is 12.6. The highest BCUT2D eigenvalue weighted by atomic mass is 35.7. The summed E-state index contributed by atoms with van der Waals surface area (Å²) in [7, 11) is 1.46. The molecule has 1 aromatic carbocycles. The summed E-state index contributed by atoms with van der Waals surface area (Å²) in [5.74, 6) is 0.0239. The highest BCUT2D eigenvalue weighted by molar-refractivity contribution is 8.13. The summed E-state index contributed by atoms with van der Waals surface area (Å²) in [5, 5.41) is 2.80. The van der Waals surface area contributed by atoms with Crippen LogP contribution >= 0.6 is 10.7 Å². The molecule has 1 saturated heterocycles. The Bertz CT molecular complexity index is 609. The fourth-order valence-electron chi connectivity index (χ4n) is 2.07. The van der Waals surface area contributed by atoms with Crippen molar-refractivity contribution >= 4 is 25.6 Å². The number of benzene rings is 1. The molecule has 1 aliphatic heterocycles. The average Bonchev–Trinajstić information content (AvgIpc) is 2.88. The molecule has 1 aromatic rings. The van der Waals surface area contributed by atoms with E-state index in [0.29, 0.717) is 30.2 Å². The maximum Gasteiger partial charge on any atom is 0.261 e. The van der Waals surface area contributed by atoms with Gasteiger partial charge in [0.05, 0.1) is 11.5 Å². The highest BCUT2D eigenvalue weighted by Crippen LogP contribution is 2.19. The first-order chi connectivity index (χ1) is 9.38. The van der Waals surface area contributed by atoms with Crippen molar-refractivity contribution in [3.8, 4) is 0 Å². The summed E-state index contributed by atoms with van der Waals surface area (Å²) in [6.07, 6.45) is 0.926. The fourth-order valence-corrected chi connectivity index (χ4v) is 2.85. The Kier molecular flexibility index (Phi) is 4.67. The van der Waals surface area contributed by atoms with Crippen molar-refractivity contribution < 1.29 is 17.9 Å². The van der Waals surface area contributed by atoms with Gasteiger partial charge in [-0.1, -0.05) is 6.07 Å². The van der Waals surface area contributed by atoms with Crippen LogP contribution in [0.4, 0.5) is 0 Å². The lowest BCUT2D eigenvalue weighted by Gasteiger charge is -2.11. The van der Waals surface area contributed by atoms with Crippen molar-refractivity contribution in [2.75, 3.05) is 19.8 Å². The highest BCUT2D eigenvalue weighted by Gasteiger charge is 2.19. The van der Waals surface area contributed by atoms with Gasteiger partial charge in [-0.25, -0.2) is 8.42 Å². The van der Waals surface area contributed by atoms with E-state index >= 15 is 0 Å². The van der Waals surface area contributed by atoms with Gasteiger partial charge in [-0.05, 0) is 31.0 Å². The summed E-state index contributed by atoms with van der Waals surface area (Å²) >= 11 is 0. The molecule has 1 amide bonds. The predicted octanol–water partition coefficient (Wildman–Crippen LogP) is 1.69. The van der Waals surface area contributed by atoms with E-state index in [1.165, 1.54) is 12.1 Å². The number of hydrogen-bond acceptors (Lipinski definition) is 4. The number of nitrogens with one attached hydrogen (secondary N) is 1. The SMILES string of the molecule is Cc1ccc(S(=O)(=O)Cl)cc1C(=O)NCC1CCOC1. The molecule has 1 fully saturated rings. The molecule has 0 aliphatic carbocycles. The largest absolute Gasteiger partial charge is 0.381 e. The Morgan fingerprint density at radius 2 is 2.25 bits per heavy atom. The normalized spacial score (nSPS) is 19.0. The Balaban J connectivity index is 2.12. The van der Waals surface area contributed by atoms with E-state index in [4.69, 9.17) is 15.4 Å². The number of amides is 1. The lowest BCUT2D eigenvalue weighted by Crippen LogP contribution is -2.30. The Labute approximate surface area is 122 Å². The molecule has 1 atom stereocenters. The second-order valence-electron chi connectivity index (χ2n) is 4.85. The van der Waals surface area contributed by atoms with E-state index in [1.807, 2.05) is 0 Å². The van der Waals surface area contributed by atoms with Crippen molar-refractivity contribution in [2.24, 2.45) is 5.92 Å². The third-order valence-electron chi connectivity index (χ3n) is 3.31. The fraction of sp³-hybridized carbons (Fsp3) is 0.462. The molecule has 7 heteroatoms. The predicted molar refractivity (Wildman–Crippen MR) is 75.5 cm³/mol. The third kappa shape index (κ3) is 3.71. The van der Waals surface area contributed by atoms with Gasteiger partial charge in [-0.2, -0.15) is 0 Å². The van der Waals surface area contributed by atoms with Gasteiger partial charge in [0.2, 0.25) is 0 Å². The lowest BCUT2D eigenvalue weighted by molar-refractivity contribution is 0.0944. The molecule has 1 aliphatic rings. The minimum atomic E-state index is -3.83. The third-order valence-corrected chi connectivity index (χ3v) is 4.66. The van der Waals surface area contributed by atoms with Crippen LogP contribution in [-0.2, 0) is 13.8 Å². The van der Waals surface area contributed by atoms with Crippen molar-refractivity contribution in [3.05, 3.63) is 29.3 Å². The van der Waals surface area contributed by atoms with Crippen molar-refractivity contribution in [3.63, 3.8) is 0 Å². The van der Waals surface area contributed by atoms with Crippen LogP contribution in [0.2, 0.25) is 0 Å². The standard InChI is InChI=1S/C13H16ClNO4S/c1-9-2-3-11(20(14,17)18)6-12(9)13(16)15-7-10-4-5-19-8-10/h2-3,6,10H,4-5,7-8H2,1H3,(H,15,16). The van der Waals surface area contributed by atoms with Gasteiger partial charge < -0.3 is 10.1 Å². The second kappa shape index (κ2) is 6.11. The number of halogens is 1. The van der Waals surface area contributed by atoms with Crippen LogP contribution in [-0.4, -0.2) is 34.1 Å². The molecule has 1 unspecified atom stereocenters. The number of carbonyl (C=O) groups excluding carboxylic acids is 1. The molecule has 1 heterocycles. The molecule has 0 radical (unpaired) electrons. The molecule has 5 nitrogen and oxygen atoms in total. The molecule has 0 bridgehead atoms. The zero-order valence-electron chi connectivity index (χ0n) is 11.1. The lowest BCUT2D eigenvalue weighted by atomic mass is 10.1. The molecule has 1 N–H and O–H groups in total. The van der Waals surface area contributed by atoms with Crippen LogP contribution < -0.4 is 5.32 Å². The zero-order chi connectivity index (χ0) is 14.8. The van der Waals surface area contributed by atoms with E-state index in [1.54, 1.807) is 13.0 Å². The molecular weight excluding hydrogens is 302 g/mol. The number of ether oxygens (including phenoxy) is 1. The Morgan fingerprint density at radius 1 is 1.50 bits per heavy atom. The summed E-state index contributed by atoms with van der Waals surface area (Å²) < 4.78 is 27.8.